The molecule has 0 aromatic heterocycles. The smallest absolute Gasteiger partial charge is 0.388 e. The van der Waals surface area contributed by atoms with Gasteiger partial charge in [-0.2, -0.15) is 8.78 Å². The molecule has 3 rings (SSSR count). The molecule has 0 saturated heterocycles. The van der Waals surface area contributed by atoms with E-state index in [4.69, 9.17) is 0 Å². The van der Waals surface area contributed by atoms with Crippen molar-refractivity contribution in [2.24, 2.45) is 17.3 Å². The fourth-order valence-electron chi connectivity index (χ4n) is 4.17. The summed E-state index contributed by atoms with van der Waals surface area (Å²) in [6, 6.07) is 0. The minimum atomic E-state index is -3.73. The number of rotatable bonds is 3. The third-order valence-corrected chi connectivity index (χ3v) is 4.84. The van der Waals surface area contributed by atoms with Gasteiger partial charge in [0.2, 0.25) is 0 Å². The highest BCUT2D eigenvalue weighted by atomic mass is 32.1. The molecular weight excluding hydrogens is 250 g/mol. The number of carbonyl (C=O) groups is 1. The van der Waals surface area contributed by atoms with Gasteiger partial charge in [-0.3, -0.25) is 0 Å². The van der Waals surface area contributed by atoms with Crippen LogP contribution < -0.4 is 0 Å². The molecule has 3 aliphatic carbocycles. The van der Waals surface area contributed by atoms with Crippen LogP contribution in [0.3, 0.4) is 0 Å². The fourth-order valence-corrected chi connectivity index (χ4v) is 4.24. The molecule has 0 heterocycles. The zero-order valence-corrected chi connectivity index (χ0v) is 10.1. The van der Waals surface area contributed by atoms with Gasteiger partial charge < -0.3 is 9.84 Å². The highest BCUT2D eigenvalue weighted by molar-refractivity contribution is 7.82. The van der Waals surface area contributed by atoms with Gasteiger partial charge in [0.05, 0.1) is 12.2 Å². The second-order valence-corrected chi connectivity index (χ2v) is 6.44. The van der Waals surface area contributed by atoms with Gasteiger partial charge in [0.1, 0.15) is 0 Å². The third-order valence-electron chi connectivity index (χ3n) is 4.66. The Labute approximate surface area is 103 Å². The molecule has 0 spiro atoms. The number of carbonyl (C=O) groups excluding carboxylic acids is 1. The van der Waals surface area contributed by atoms with E-state index in [9.17, 15) is 18.7 Å². The van der Waals surface area contributed by atoms with Crippen molar-refractivity contribution in [1.29, 1.82) is 0 Å². The summed E-state index contributed by atoms with van der Waals surface area (Å²) in [6.07, 6.45) is 3.06. The number of halogens is 2. The fraction of sp³-hybridized carbons (Fsp3) is 0.909. The molecule has 0 amide bonds. The van der Waals surface area contributed by atoms with E-state index < -0.39 is 16.8 Å². The van der Waals surface area contributed by atoms with Crippen LogP contribution in [0.2, 0.25) is 0 Å². The second-order valence-electron chi connectivity index (χ2n) is 5.88. The molecule has 0 aromatic carbocycles. The minimum absolute atomic E-state index is 0.0166. The van der Waals surface area contributed by atoms with E-state index in [0.29, 0.717) is 12.3 Å². The highest BCUT2D eigenvalue weighted by Gasteiger charge is 2.70. The van der Waals surface area contributed by atoms with Crippen molar-refractivity contribution in [3.05, 3.63) is 0 Å². The number of esters is 1. The highest BCUT2D eigenvalue weighted by Crippen LogP contribution is 2.71. The molecular formula is C11H14F2O3S. The van der Waals surface area contributed by atoms with E-state index in [1.807, 2.05) is 0 Å². The lowest BCUT2D eigenvalue weighted by Crippen LogP contribution is -2.53. The molecule has 3 fully saturated rings. The van der Waals surface area contributed by atoms with Crippen molar-refractivity contribution in [3.63, 3.8) is 0 Å². The molecule has 3 saturated carbocycles. The Hall–Kier alpha value is -0.360. The summed E-state index contributed by atoms with van der Waals surface area (Å²) < 4.78 is 29.7. The van der Waals surface area contributed by atoms with Crippen molar-refractivity contribution in [2.75, 3.05) is 6.61 Å². The van der Waals surface area contributed by atoms with Crippen LogP contribution in [-0.2, 0) is 9.53 Å². The van der Waals surface area contributed by atoms with Crippen molar-refractivity contribution in [1.82, 2.24) is 0 Å². The first-order valence-corrected chi connectivity index (χ1v) is 6.19. The minimum Gasteiger partial charge on any atom is -0.460 e. The number of thiol groups is 1. The predicted octanol–water partition coefficient (Wildman–Crippen LogP) is 1.60. The van der Waals surface area contributed by atoms with Crippen LogP contribution >= 0.6 is 12.6 Å². The zero-order valence-electron chi connectivity index (χ0n) is 9.16. The van der Waals surface area contributed by atoms with Gasteiger partial charge in [-0.25, -0.2) is 4.79 Å². The largest absolute Gasteiger partial charge is 0.460 e. The average Bonchev–Trinajstić information content (AvgIpc) is 2.60. The van der Waals surface area contributed by atoms with Crippen molar-refractivity contribution >= 4 is 18.6 Å². The van der Waals surface area contributed by atoms with Gasteiger partial charge in [-0.05, 0) is 37.5 Å². The Morgan fingerprint density at radius 1 is 1.47 bits per heavy atom. The van der Waals surface area contributed by atoms with Crippen LogP contribution in [0, 0.1) is 17.3 Å². The summed E-state index contributed by atoms with van der Waals surface area (Å²) >= 11 is 2.88. The normalized spacial score (nSPS) is 46.8. The first kappa shape index (κ1) is 11.7. The van der Waals surface area contributed by atoms with Gasteiger partial charge in [0.25, 0.3) is 0 Å². The Kier molecular flexibility index (Phi) is 2.17. The standard InChI is InChI=1S/C11H14F2O3S/c12-11(13,17)8(14)16-5-9-1-6-2-10(15,4-9)7(6)3-9/h6-7,15,17H,1-5H2. The zero-order chi connectivity index (χ0) is 12.5. The molecule has 2 bridgehead atoms. The quantitative estimate of drug-likeness (QED) is 0.601. The number of aliphatic hydroxyl groups is 1. The molecule has 4 unspecified atom stereocenters. The van der Waals surface area contributed by atoms with Gasteiger partial charge in [-0.15, -0.1) is 0 Å². The predicted molar refractivity (Wildman–Crippen MR) is 57.7 cm³/mol. The van der Waals surface area contributed by atoms with E-state index in [1.165, 1.54) is 0 Å². The Bertz CT molecular complexity index is 383. The summed E-state index contributed by atoms with van der Waals surface area (Å²) in [6.45, 7) is -0.0166. The Morgan fingerprint density at radius 3 is 2.65 bits per heavy atom. The molecule has 0 radical (unpaired) electrons. The molecule has 0 aliphatic heterocycles. The maximum Gasteiger partial charge on any atom is 0.388 e. The van der Waals surface area contributed by atoms with Crippen LogP contribution in [0.1, 0.15) is 25.7 Å². The van der Waals surface area contributed by atoms with Crippen molar-refractivity contribution < 1.29 is 23.4 Å². The van der Waals surface area contributed by atoms with Gasteiger partial charge in [0.15, 0.2) is 0 Å². The van der Waals surface area contributed by atoms with E-state index in [0.717, 1.165) is 19.3 Å². The average molecular weight is 264 g/mol. The molecule has 96 valence electrons. The van der Waals surface area contributed by atoms with Crippen molar-refractivity contribution in [3.8, 4) is 0 Å². The van der Waals surface area contributed by atoms with E-state index in [-0.39, 0.29) is 17.9 Å². The first-order chi connectivity index (χ1) is 7.74. The van der Waals surface area contributed by atoms with Crippen LogP contribution in [0.5, 0.6) is 0 Å². The topological polar surface area (TPSA) is 46.5 Å². The summed E-state index contributed by atoms with van der Waals surface area (Å²) in [5.41, 5.74) is -0.879. The number of alkyl halides is 2. The van der Waals surface area contributed by atoms with E-state index in [1.54, 1.807) is 0 Å². The van der Waals surface area contributed by atoms with Crippen LogP contribution in [0.25, 0.3) is 0 Å². The monoisotopic (exact) mass is 264 g/mol. The number of ether oxygens (including phenoxy) is 1. The van der Waals surface area contributed by atoms with Gasteiger partial charge in [0, 0.05) is 5.41 Å². The Morgan fingerprint density at radius 2 is 2.18 bits per heavy atom. The molecule has 3 aliphatic rings. The summed E-state index contributed by atoms with van der Waals surface area (Å²) in [5, 5.41) is 6.41. The summed E-state index contributed by atoms with van der Waals surface area (Å²) in [7, 11) is 0. The lowest BCUT2D eigenvalue weighted by atomic mass is 9.58. The summed E-state index contributed by atoms with van der Waals surface area (Å²) in [4.78, 5) is 11.0. The van der Waals surface area contributed by atoms with Crippen LogP contribution in [0.15, 0.2) is 0 Å². The van der Waals surface area contributed by atoms with Crippen LogP contribution in [-0.4, -0.2) is 28.5 Å². The first-order valence-electron chi connectivity index (χ1n) is 5.74. The SMILES string of the molecule is O=C(OCC12CC3CC(O)(C1)C3C2)C(F)(F)S. The molecule has 6 heteroatoms. The molecule has 0 aromatic rings. The van der Waals surface area contributed by atoms with Gasteiger partial charge in [-0.1, -0.05) is 12.6 Å². The maximum absolute atomic E-state index is 12.5. The second kappa shape index (κ2) is 3.15. The molecule has 17 heavy (non-hydrogen) atoms. The molecule has 3 nitrogen and oxygen atoms in total. The van der Waals surface area contributed by atoms with Gasteiger partial charge >= 0.3 is 11.2 Å². The van der Waals surface area contributed by atoms with E-state index >= 15 is 0 Å². The lowest BCUT2D eigenvalue weighted by Gasteiger charge is -2.51. The van der Waals surface area contributed by atoms with Crippen molar-refractivity contribution in [2.45, 2.75) is 36.5 Å². The van der Waals surface area contributed by atoms with Crippen LogP contribution in [0.4, 0.5) is 8.78 Å². The molecule has 1 N–H and O–H groups in total. The van der Waals surface area contributed by atoms with E-state index in [2.05, 4.69) is 17.4 Å². The number of fused-ring (bicyclic) bond motifs is 1. The Balaban J connectivity index is 1.63. The maximum atomic E-state index is 12.5. The molecule has 4 atom stereocenters. The number of hydrogen-bond acceptors (Lipinski definition) is 4. The lowest BCUT2D eigenvalue weighted by molar-refractivity contribution is -0.170. The third kappa shape index (κ3) is 1.60. The number of hydrogen-bond donors (Lipinski definition) is 2. The summed E-state index contributed by atoms with van der Waals surface area (Å²) in [5.74, 6) is -0.812.